The smallest absolute Gasteiger partial charge is 0.272 e. The zero-order valence-corrected chi connectivity index (χ0v) is 11.7. The topological polar surface area (TPSA) is 75.5 Å². The lowest BCUT2D eigenvalue weighted by molar-refractivity contribution is -0.385. The van der Waals surface area contributed by atoms with E-state index in [0.29, 0.717) is 6.54 Å². The molecule has 2 rings (SSSR count). The van der Waals surface area contributed by atoms with E-state index < -0.39 is 16.6 Å². The van der Waals surface area contributed by atoms with Crippen LogP contribution in [0.4, 0.5) is 10.1 Å². The van der Waals surface area contributed by atoms with Crippen LogP contribution in [-0.2, 0) is 0 Å². The van der Waals surface area contributed by atoms with Gasteiger partial charge in [-0.1, -0.05) is 0 Å². The monoisotopic (exact) mass is 303 g/mol. The van der Waals surface area contributed by atoms with E-state index in [2.05, 4.69) is 5.32 Å². The largest absolute Gasteiger partial charge is 0.337 e. The average molecular weight is 304 g/mol. The Bertz CT molecular complexity index is 521. The van der Waals surface area contributed by atoms with Gasteiger partial charge in [0.05, 0.1) is 16.6 Å². The number of amides is 1. The van der Waals surface area contributed by atoms with Crippen molar-refractivity contribution in [3.8, 4) is 0 Å². The molecule has 0 aromatic heterocycles. The summed E-state index contributed by atoms with van der Waals surface area (Å²) in [5.74, 6) is -1.32. The van der Waals surface area contributed by atoms with Crippen molar-refractivity contribution in [2.75, 3.05) is 20.1 Å². The first-order chi connectivity index (χ1) is 9.00. The number of benzene rings is 1. The van der Waals surface area contributed by atoms with Gasteiger partial charge >= 0.3 is 0 Å². The van der Waals surface area contributed by atoms with Gasteiger partial charge in [0, 0.05) is 25.7 Å². The number of rotatable bonds is 3. The fraction of sp³-hybridized carbons (Fsp3) is 0.417. The third kappa shape index (κ3) is 3.23. The third-order valence-electron chi connectivity index (χ3n) is 3.30. The number of nitro benzene ring substituents is 1. The quantitative estimate of drug-likeness (QED) is 0.679. The van der Waals surface area contributed by atoms with E-state index in [0.717, 1.165) is 31.2 Å². The second-order valence-corrected chi connectivity index (χ2v) is 4.48. The van der Waals surface area contributed by atoms with E-state index in [1.54, 1.807) is 7.05 Å². The Kier molecular flexibility index (Phi) is 5.41. The maximum absolute atomic E-state index is 13.7. The number of nitrogens with one attached hydrogen (secondary N) is 1. The van der Waals surface area contributed by atoms with Crippen molar-refractivity contribution in [3.05, 3.63) is 39.7 Å². The van der Waals surface area contributed by atoms with Crippen molar-refractivity contribution in [3.63, 3.8) is 0 Å². The molecule has 110 valence electrons. The van der Waals surface area contributed by atoms with E-state index in [1.165, 1.54) is 4.90 Å². The van der Waals surface area contributed by atoms with Gasteiger partial charge in [0.25, 0.3) is 11.6 Å². The van der Waals surface area contributed by atoms with Crippen molar-refractivity contribution in [1.82, 2.24) is 10.2 Å². The van der Waals surface area contributed by atoms with Crippen LogP contribution >= 0.6 is 12.4 Å². The predicted octanol–water partition coefficient (Wildman–Crippen LogP) is 1.59. The molecule has 6 nitrogen and oxygen atoms in total. The van der Waals surface area contributed by atoms with Gasteiger partial charge in [-0.05, 0) is 19.0 Å². The average Bonchev–Trinajstić information content (AvgIpc) is 2.90. The van der Waals surface area contributed by atoms with Crippen molar-refractivity contribution in [2.45, 2.75) is 12.5 Å². The normalized spacial score (nSPS) is 17.4. The van der Waals surface area contributed by atoms with Crippen LogP contribution in [0.25, 0.3) is 0 Å². The van der Waals surface area contributed by atoms with E-state index in [-0.39, 0.29) is 29.7 Å². The van der Waals surface area contributed by atoms with Crippen molar-refractivity contribution in [1.29, 1.82) is 0 Å². The number of carbonyl (C=O) groups excluding carboxylic acids is 1. The Morgan fingerprint density at radius 2 is 2.25 bits per heavy atom. The molecule has 0 spiro atoms. The highest BCUT2D eigenvalue weighted by Crippen LogP contribution is 2.19. The molecule has 1 unspecified atom stereocenters. The molecule has 1 amide bonds. The van der Waals surface area contributed by atoms with E-state index in [9.17, 15) is 19.3 Å². The van der Waals surface area contributed by atoms with Gasteiger partial charge in [0.15, 0.2) is 0 Å². The van der Waals surface area contributed by atoms with Crippen LogP contribution in [0, 0.1) is 15.9 Å². The summed E-state index contributed by atoms with van der Waals surface area (Å²) in [7, 11) is 1.61. The van der Waals surface area contributed by atoms with Crippen molar-refractivity contribution in [2.24, 2.45) is 0 Å². The minimum Gasteiger partial charge on any atom is -0.337 e. The molecule has 1 saturated heterocycles. The lowest BCUT2D eigenvalue weighted by Gasteiger charge is -2.23. The maximum atomic E-state index is 13.7. The summed E-state index contributed by atoms with van der Waals surface area (Å²) >= 11 is 0. The Balaban J connectivity index is 0.00000200. The Hall–Kier alpha value is -1.73. The molecular formula is C12H15ClFN3O3. The van der Waals surface area contributed by atoms with E-state index in [4.69, 9.17) is 0 Å². The van der Waals surface area contributed by atoms with Gasteiger partial charge in [0.1, 0.15) is 5.82 Å². The number of nitrogens with zero attached hydrogens (tertiary/aromatic N) is 2. The summed E-state index contributed by atoms with van der Waals surface area (Å²) in [6.07, 6.45) is 0.816. The van der Waals surface area contributed by atoms with Gasteiger partial charge in [-0.3, -0.25) is 14.9 Å². The number of carbonyl (C=O) groups is 1. The summed E-state index contributed by atoms with van der Waals surface area (Å²) < 4.78 is 13.7. The molecule has 1 aliphatic heterocycles. The zero-order valence-electron chi connectivity index (χ0n) is 10.8. The van der Waals surface area contributed by atoms with Crippen LogP contribution in [0.5, 0.6) is 0 Å². The number of likely N-dealkylation sites (N-methyl/N-ethyl adjacent to an activating group) is 1. The summed E-state index contributed by atoms with van der Waals surface area (Å²) in [4.78, 5) is 23.4. The predicted molar refractivity (Wildman–Crippen MR) is 73.7 cm³/mol. The fourth-order valence-corrected chi connectivity index (χ4v) is 2.12. The minimum atomic E-state index is -0.864. The second-order valence-electron chi connectivity index (χ2n) is 4.48. The third-order valence-corrected chi connectivity index (χ3v) is 3.30. The SMILES string of the molecule is CN(C(=O)c1ccc([N+](=O)[O-])cc1F)C1CCNC1.Cl. The molecule has 0 bridgehead atoms. The first kappa shape index (κ1) is 16.3. The lowest BCUT2D eigenvalue weighted by atomic mass is 10.1. The van der Waals surface area contributed by atoms with Crippen LogP contribution in [0.2, 0.25) is 0 Å². The summed E-state index contributed by atoms with van der Waals surface area (Å²) in [5.41, 5.74) is -0.501. The molecule has 1 aromatic rings. The highest BCUT2D eigenvalue weighted by molar-refractivity contribution is 5.94. The van der Waals surface area contributed by atoms with Crippen LogP contribution in [0.1, 0.15) is 16.8 Å². The summed E-state index contributed by atoms with van der Waals surface area (Å²) in [6, 6.07) is 3.10. The van der Waals surface area contributed by atoms with Crippen molar-refractivity contribution >= 4 is 24.0 Å². The van der Waals surface area contributed by atoms with Gasteiger partial charge in [0.2, 0.25) is 0 Å². The number of non-ortho nitro benzene ring substituents is 1. The molecule has 8 heteroatoms. The molecule has 1 N–H and O–H groups in total. The standard InChI is InChI=1S/C12H14FN3O3.ClH/c1-15(9-4-5-14-7-9)12(17)10-3-2-8(16(18)19)6-11(10)13;/h2-3,6,9,14H,4-5,7H2,1H3;1H. The number of hydrogen-bond acceptors (Lipinski definition) is 4. The molecule has 0 radical (unpaired) electrons. The number of nitro groups is 1. The lowest BCUT2D eigenvalue weighted by Crippen LogP contribution is -2.38. The minimum absolute atomic E-state index is 0. The van der Waals surface area contributed by atoms with Gasteiger partial charge in [-0.2, -0.15) is 0 Å². The van der Waals surface area contributed by atoms with Crippen LogP contribution in [-0.4, -0.2) is 41.9 Å². The van der Waals surface area contributed by atoms with E-state index >= 15 is 0 Å². The molecule has 1 aromatic carbocycles. The summed E-state index contributed by atoms with van der Waals surface area (Å²) in [6.45, 7) is 1.50. The van der Waals surface area contributed by atoms with Gasteiger partial charge in [-0.15, -0.1) is 12.4 Å². The highest BCUT2D eigenvalue weighted by atomic mass is 35.5. The summed E-state index contributed by atoms with van der Waals surface area (Å²) in [5, 5.41) is 13.6. The van der Waals surface area contributed by atoms with Crippen LogP contribution in [0.3, 0.4) is 0 Å². The highest BCUT2D eigenvalue weighted by Gasteiger charge is 2.26. The Morgan fingerprint density at radius 1 is 1.55 bits per heavy atom. The molecule has 0 aliphatic carbocycles. The fourth-order valence-electron chi connectivity index (χ4n) is 2.12. The molecule has 20 heavy (non-hydrogen) atoms. The molecule has 1 atom stereocenters. The molecule has 1 aliphatic rings. The second kappa shape index (κ2) is 6.62. The molecule has 0 saturated carbocycles. The van der Waals surface area contributed by atoms with Crippen LogP contribution in [0.15, 0.2) is 18.2 Å². The Morgan fingerprint density at radius 3 is 2.75 bits per heavy atom. The zero-order chi connectivity index (χ0) is 14.0. The van der Waals surface area contributed by atoms with Crippen LogP contribution < -0.4 is 5.32 Å². The van der Waals surface area contributed by atoms with E-state index in [1.807, 2.05) is 0 Å². The van der Waals surface area contributed by atoms with Gasteiger partial charge < -0.3 is 10.2 Å². The Labute approximate surface area is 121 Å². The molecule has 1 heterocycles. The maximum Gasteiger partial charge on any atom is 0.272 e. The first-order valence-corrected chi connectivity index (χ1v) is 5.92. The number of hydrogen-bond donors (Lipinski definition) is 1. The number of halogens is 2. The molecule has 1 fully saturated rings. The van der Waals surface area contributed by atoms with Gasteiger partial charge in [-0.25, -0.2) is 4.39 Å². The first-order valence-electron chi connectivity index (χ1n) is 5.92. The molecular weight excluding hydrogens is 289 g/mol. The van der Waals surface area contributed by atoms with Crippen molar-refractivity contribution < 1.29 is 14.1 Å².